The summed E-state index contributed by atoms with van der Waals surface area (Å²) in [6.45, 7) is 7.72. The average Bonchev–Trinajstić information content (AvgIpc) is 3.38. The highest BCUT2D eigenvalue weighted by Gasteiger charge is 2.23. The molecule has 3 aromatic rings. The second-order valence-corrected chi connectivity index (χ2v) is 10.6. The highest BCUT2D eigenvalue weighted by atomic mass is 16.1. The minimum Gasteiger partial charge on any atom is -0.345 e. The van der Waals surface area contributed by atoms with Crippen LogP contribution in [0.3, 0.4) is 0 Å². The number of carbonyl (C=O) groups is 1. The van der Waals surface area contributed by atoms with Crippen LogP contribution >= 0.6 is 0 Å². The quantitative estimate of drug-likeness (QED) is 0.230. The number of allylic oxidation sites excluding steroid dienone is 1. The molecule has 1 aliphatic heterocycles. The molecule has 198 valence electrons. The van der Waals surface area contributed by atoms with Crippen LogP contribution in [-0.4, -0.2) is 65.3 Å². The summed E-state index contributed by atoms with van der Waals surface area (Å²) in [4.78, 5) is 24.4. The van der Waals surface area contributed by atoms with Crippen molar-refractivity contribution in [1.29, 1.82) is 0 Å². The summed E-state index contributed by atoms with van der Waals surface area (Å²) in [5.74, 6) is 0. The molecule has 0 aliphatic carbocycles. The highest BCUT2D eigenvalue weighted by Crippen LogP contribution is 2.25. The fourth-order valence-electron chi connectivity index (χ4n) is 5.73. The van der Waals surface area contributed by atoms with Crippen LogP contribution in [0.15, 0.2) is 55.4 Å². The van der Waals surface area contributed by atoms with Gasteiger partial charge in [0.15, 0.2) is 0 Å². The van der Waals surface area contributed by atoms with Crippen LogP contribution in [0.4, 0.5) is 0 Å². The maximum Gasteiger partial charge on any atom is 0.150 e. The lowest BCUT2D eigenvalue weighted by Gasteiger charge is -2.36. The van der Waals surface area contributed by atoms with Gasteiger partial charge in [-0.05, 0) is 88.0 Å². The van der Waals surface area contributed by atoms with Crippen molar-refractivity contribution in [1.82, 2.24) is 25.1 Å². The second-order valence-electron chi connectivity index (χ2n) is 10.6. The van der Waals surface area contributed by atoms with E-state index >= 15 is 0 Å². The number of benzene rings is 2. The lowest BCUT2D eigenvalue weighted by atomic mass is 9.94. The number of aromatic amines is 1. The van der Waals surface area contributed by atoms with E-state index in [2.05, 4.69) is 69.0 Å². The number of fused-ring (bicyclic) bond motifs is 1. The number of carbonyl (C=O) groups excluding carboxylic acids is 1. The first kappa shape index (κ1) is 27.2. The van der Waals surface area contributed by atoms with Gasteiger partial charge in [0, 0.05) is 37.3 Å². The monoisotopic (exact) mass is 501 g/mol. The first-order valence-corrected chi connectivity index (χ1v) is 13.8. The molecule has 2 atom stereocenters. The number of aryl methyl sites for hydroxylation is 1. The molecule has 2 unspecified atom stereocenters. The third kappa shape index (κ3) is 7.37. The Labute approximate surface area is 222 Å². The molecule has 4 rings (SSSR count). The number of likely N-dealkylation sites (tertiary alicyclic amines) is 1. The van der Waals surface area contributed by atoms with Crippen molar-refractivity contribution in [2.75, 3.05) is 27.2 Å². The van der Waals surface area contributed by atoms with Gasteiger partial charge in [-0.1, -0.05) is 36.8 Å². The first-order chi connectivity index (χ1) is 18.1. The van der Waals surface area contributed by atoms with Gasteiger partial charge in [-0.2, -0.15) is 0 Å². The van der Waals surface area contributed by atoms with E-state index in [0.29, 0.717) is 12.1 Å². The zero-order valence-corrected chi connectivity index (χ0v) is 22.6. The Morgan fingerprint density at radius 3 is 2.92 bits per heavy atom. The summed E-state index contributed by atoms with van der Waals surface area (Å²) < 4.78 is 0. The Morgan fingerprint density at radius 1 is 1.24 bits per heavy atom. The number of piperidine rings is 1. The summed E-state index contributed by atoms with van der Waals surface area (Å²) in [6, 6.07) is 14.0. The number of H-pyrrole nitrogens is 1. The maximum absolute atomic E-state index is 11.8. The predicted molar refractivity (Wildman–Crippen MR) is 153 cm³/mol. The number of hydrogen-bond acceptors (Lipinski definition) is 5. The number of nitrogens with zero attached hydrogens (tertiary/aromatic N) is 3. The molecule has 37 heavy (non-hydrogen) atoms. The third-order valence-electron chi connectivity index (χ3n) is 7.91. The topological polar surface area (TPSA) is 64.3 Å². The largest absolute Gasteiger partial charge is 0.345 e. The number of aldehydes is 1. The Bertz CT molecular complexity index is 1160. The molecular formula is C31H43N5O. The smallest absolute Gasteiger partial charge is 0.150 e. The molecule has 0 radical (unpaired) electrons. The maximum atomic E-state index is 11.8. The summed E-state index contributed by atoms with van der Waals surface area (Å²) in [7, 11) is 4.16. The minimum atomic E-state index is 0.405. The van der Waals surface area contributed by atoms with Crippen molar-refractivity contribution in [3.8, 4) is 0 Å². The van der Waals surface area contributed by atoms with Gasteiger partial charge in [0.25, 0.3) is 0 Å². The fourth-order valence-corrected chi connectivity index (χ4v) is 5.73. The number of hydrogen-bond donors (Lipinski definition) is 2. The van der Waals surface area contributed by atoms with Gasteiger partial charge < -0.3 is 10.3 Å². The van der Waals surface area contributed by atoms with Crippen molar-refractivity contribution >= 4 is 17.3 Å². The Hall–Kier alpha value is -2.80. The number of likely N-dealkylation sites (N-methyl/N-ethyl adjacent to an activating group) is 2. The SMILES string of the molecule is C=CCCC(CNC)N(C)Cc1cc(CCC2CCCCN2Cc2ccc3nc[nH]c3c2)ccc1C=O. The molecule has 1 fully saturated rings. The van der Waals surface area contributed by atoms with Gasteiger partial charge >= 0.3 is 0 Å². The van der Waals surface area contributed by atoms with Crippen LogP contribution in [0, 0.1) is 0 Å². The van der Waals surface area contributed by atoms with Gasteiger partial charge in [0.1, 0.15) is 6.29 Å². The van der Waals surface area contributed by atoms with E-state index in [-0.39, 0.29) is 0 Å². The lowest BCUT2D eigenvalue weighted by Crippen LogP contribution is -2.39. The predicted octanol–water partition coefficient (Wildman–Crippen LogP) is 5.35. The Morgan fingerprint density at radius 2 is 2.11 bits per heavy atom. The standard InChI is InChI=1S/C31H43N5O/c1-4-5-8-29(19-32-2)35(3)21-27-17-24(10-13-26(27)22-37)11-14-28-9-6-7-16-36(28)20-25-12-15-30-31(18-25)34-23-33-30/h4,10,12-13,15,17-18,22-23,28-29,32H,1,5-9,11,14,16,19-21H2,2-3H3,(H,33,34). The molecule has 1 aromatic heterocycles. The van der Waals surface area contributed by atoms with Crippen LogP contribution in [0.25, 0.3) is 11.0 Å². The van der Waals surface area contributed by atoms with E-state index in [1.807, 2.05) is 19.2 Å². The van der Waals surface area contributed by atoms with Gasteiger partial charge in [-0.3, -0.25) is 14.6 Å². The third-order valence-corrected chi connectivity index (χ3v) is 7.91. The number of aromatic nitrogens is 2. The molecule has 0 amide bonds. The van der Waals surface area contributed by atoms with Gasteiger partial charge in [-0.25, -0.2) is 4.98 Å². The minimum absolute atomic E-state index is 0.405. The molecule has 6 nitrogen and oxygen atoms in total. The molecule has 0 bridgehead atoms. The van der Waals surface area contributed by atoms with Crippen molar-refractivity contribution in [2.24, 2.45) is 0 Å². The normalized spacial score (nSPS) is 17.3. The van der Waals surface area contributed by atoms with Gasteiger partial charge in [0.2, 0.25) is 0 Å². The van der Waals surface area contributed by atoms with Crippen molar-refractivity contribution in [3.63, 3.8) is 0 Å². The van der Waals surface area contributed by atoms with E-state index in [9.17, 15) is 4.79 Å². The van der Waals surface area contributed by atoms with Crippen molar-refractivity contribution in [3.05, 3.63) is 77.6 Å². The molecule has 2 N–H and O–H groups in total. The van der Waals surface area contributed by atoms with Crippen LogP contribution in [0.1, 0.15) is 65.6 Å². The zero-order chi connectivity index (χ0) is 26.0. The molecule has 1 saturated heterocycles. The van der Waals surface area contributed by atoms with Crippen LogP contribution < -0.4 is 5.32 Å². The summed E-state index contributed by atoms with van der Waals surface area (Å²) in [5, 5.41) is 3.31. The molecule has 0 spiro atoms. The first-order valence-electron chi connectivity index (χ1n) is 13.8. The van der Waals surface area contributed by atoms with Gasteiger partial charge in [-0.15, -0.1) is 6.58 Å². The molecule has 1 aliphatic rings. The summed E-state index contributed by atoms with van der Waals surface area (Å²) in [6.07, 6.45) is 12.8. The molecule has 2 heterocycles. The Balaban J connectivity index is 1.40. The van der Waals surface area contributed by atoms with E-state index in [1.165, 1.54) is 30.4 Å². The highest BCUT2D eigenvalue weighted by molar-refractivity contribution is 5.77. The Kier molecular flexibility index (Phi) is 10.1. The molecule has 0 saturated carbocycles. The van der Waals surface area contributed by atoms with E-state index in [4.69, 9.17) is 0 Å². The molecule has 6 heteroatoms. The second kappa shape index (κ2) is 13.7. The van der Waals surface area contributed by atoms with E-state index < -0.39 is 0 Å². The zero-order valence-electron chi connectivity index (χ0n) is 22.6. The molecular weight excluding hydrogens is 458 g/mol. The number of imidazole rings is 1. The number of nitrogens with one attached hydrogen (secondary N) is 2. The van der Waals surface area contributed by atoms with Crippen LogP contribution in [0.2, 0.25) is 0 Å². The van der Waals surface area contributed by atoms with Crippen LogP contribution in [0.5, 0.6) is 0 Å². The van der Waals surface area contributed by atoms with Gasteiger partial charge in [0.05, 0.1) is 17.4 Å². The lowest BCUT2D eigenvalue weighted by molar-refractivity contribution is 0.112. The van der Waals surface area contributed by atoms with Crippen molar-refractivity contribution in [2.45, 2.75) is 70.1 Å². The van der Waals surface area contributed by atoms with Crippen LogP contribution in [-0.2, 0) is 19.5 Å². The summed E-state index contributed by atoms with van der Waals surface area (Å²) in [5.41, 5.74) is 6.74. The van der Waals surface area contributed by atoms with E-state index in [0.717, 1.165) is 80.3 Å². The number of rotatable bonds is 14. The summed E-state index contributed by atoms with van der Waals surface area (Å²) >= 11 is 0. The van der Waals surface area contributed by atoms with Crippen molar-refractivity contribution < 1.29 is 4.79 Å². The van der Waals surface area contributed by atoms with E-state index in [1.54, 1.807) is 6.33 Å². The fraction of sp³-hybridized carbons (Fsp3) is 0.484. The molecule has 2 aromatic carbocycles. The average molecular weight is 502 g/mol.